The molecule has 0 radical (unpaired) electrons. The average molecular weight is 454 g/mol. The Kier molecular flexibility index (Phi) is 8.21. The van der Waals surface area contributed by atoms with E-state index in [0.717, 1.165) is 5.56 Å². The molecular formula is C21H19Cl3N2O3. The number of ether oxygens (including phenoxy) is 2. The van der Waals surface area contributed by atoms with E-state index in [2.05, 4.69) is 0 Å². The van der Waals surface area contributed by atoms with Crippen LogP contribution < -0.4 is 9.47 Å². The minimum atomic E-state index is -0.403. The number of carbonyl (C=O) groups is 1. The lowest BCUT2D eigenvalue weighted by Crippen LogP contribution is -2.22. The standard InChI is InChI=1S/C21H19Cl3N2O3/c1-4-28-19-9-13(7-15(11-25)21(27)26(2)3)8-18(24)20(19)29-12-14-5-6-16(22)10-17(14)23/h5-10H,4,12H2,1-3H3/b15-7-. The van der Waals surface area contributed by atoms with Crippen LogP contribution in [0.25, 0.3) is 6.08 Å². The van der Waals surface area contributed by atoms with Crippen LogP contribution in [0, 0.1) is 11.3 Å². The second kappa shape index (κ2) is 10.4. The van der Waals surface area contributed by atoms with E-state index >= 15 is 0 Å². The summed E-state index contributed by atoms with van der Waals surface area (Å²) in [7, 11) is 3.15. The van der Waals surface area contributed by atoms with E-state index < -0.39 is 5.91 Å². The molecule has 2 aromatic carbocycles. The van der Waals surface area contributed by atoms with Gasteiger partial charge in [-0.3, -0.25) is 4.79 Å². The molecule has 0 fully saturated rings. The number of hydrogen-bond acceptors (Lipinski definition) is 4. The highest BCUT2D eigenvalue weighted by molar-refractivity contribution is 6.35. The van der Waals surface area contributed by atoms with Gasteiger partial charge in [0.15, 0.2) is 11.5 Å². The van der Waals surface area contributed by atoms with Crippen molar-refractivity contribution in [3.63, 3.8) is 0 Å². The number of benzene rings is 2. The second-order valence-corrected chi connectivity index (χ2v) is 7.41. The molecule has 0 aliphatic rings. The molecule has 0 saturated carbocycles. The largest absolute Gasteiger partial charge is 0.490 e. The Morgan fingerprint density at radius 3 is 2.45 bits per heavy atom. The summed E-state index contributed by atoms with van der Waals surface area (Å²) in [6.45, 7) is 2.36. The average Bonchev–Trinajstić information content (AvgIpc) is 2.66. The van der Waals surface area contributed by atoms with Crippen molar-refractivity contribution >= 4 is 46.8 Å². The summed E-state index contributed by atoms with van der Waals surface area (Å²) in [4.78, 5) is 13.4. The number of amides is 1. The molecule has 0 aliphatic carbocycles. The number of rotatable bonds is 7. The molecule has 29 heavy (non-hydrogen) atoms. The Morgan fingerprint density at radius 2 is 1.86 bits per heavy atom. The van der Waals surface area contributed by atoms with Crippen LogP contribution in [-0.2, 0) is 11.4 Å². The lowest BCUT2D eigenvalue weighted by molar-refractivity contribution is -0.124. The predicted octanol–water partition coefficient (Wildman–Crippen LogP) is 5.62. The highest BCUT2D eigenvalue weighted by Gasteiger charge is 2.16. The van der Waals surface area contributed by atoms with Crippen molar-refractivity contribution in [1.29, 1.82) is 5.26 Å². The van der Waals surface area contributed by atoms with Crippen LogP contribution in [0.4, 0.5) is 0 Å². The van der Waals surface area contributed by atoms with Crippen LogP contribution in [0.3, 0.4) is 0 Å². The molecular weight excluding hydrogens is 435 g/mol. The van der Waals surface area contributed by atoms with Crippen LogP contribution in [0.2, 0.25) is 15.1 Å². The van der Waals surface area contributed by atoms with Gasteiger partial charge in [-0.25, -0.2) is 0 Å². The van der Waals surface area contributed by atoms with Gasteiger partial charge in [0.2, 0.25) is 0 Å². The van der Waals surface area contributed by atoms with Crippen LogP contribution in [0.5, 0.6) is 11.5 Å². The second-order valence-electron chi connectivity index (χ2n) is 6.16. The summed E-state index contributed by atoms with van der Waals surface area (Å²) in [5.41, 5.74) is 1.26. The van der Waals surface area contributed by atoms with Gasteiger partial charge in [0.1, 0.15) is 18.2 Å². The summed E-state index contributed by atoms with van der Waals surface area (Å²) in [5.74, 6) is 0.333. The van der Waals surface area contributed by atoms with Gasteiger partial charge in [0, 0.05) is 29.7 Å². The Bertz CT molecular complexity index is 982. The SMILES string of the molecule is CCOc1cc(/C=C(/C#N)C(=O)N(C)C)cc(Cl)c1OCc1ccc(Cl)cc1Cl. The van der Waals surface area contributed by atoms with Crippen molar-refractivity contribution in [2.75, 3.05) is 20.7 Å². The highest BCUT2D eigenvalue weighted by Crippen LogP contribution is 2.38. The van der Waals surface area contributed by atoms with E-state index in [1.165, 1.54) is 11.0 Å². The van der Waals surface area contributed by atoms with Gasteiger partial charge in [-0.1, -0.05) is 40.9 Å². The van der Waals surface area contributed by atoms with Crippen molar-refractivity contribution in [2.24, 2.45) is 0 Å². The van der Waals surface area contributed by atoms with Crippen LogP contribution >= 0.6 is 34.8 Å². The number of nitriles is 1. The number of carbonyl (C=O) groups excluding carboxylic acids is 1. The van der Waals surface area contributed by atoms with Gasteiger partial charge in [0.25, 0.3) is 5.91 Å². The maximum absolute atomic E-state index is 12.1. The molecule has 0 aromatic heterocycles. The molecule has 0 N–H and O–H groups in total. The first-order chi connectivity index (χ1) is 13.8. The van der Waals surface area contributed by atoms with E-state index in [1.807, 2.05) is 13.0 Å². The number of likely N-dealkylation sites (N-methyl/N-ethyl adjacent to an activating group) is 1. The first kappa shape index (κ1) is 22.9. The Labute approximate surface area is 185 Å². The zero-order valence-corrected chi connectivity index (χ0v) is 18.4. The first-order valence-corrected chi connectivity index (χ1v) is 9.76. The predicted molar refractivity (Wildman–Crippen MR) is 116 cm³/mol. The maximum atomic E-state index is 12.1. The Balaban J connectivity index is 2.37. The third-order valence-electron chi connectivity index (χ3n) is 3.79. The molecule has 0 unspecified atom stereocenters. The highest BCUT2D eigenvalue weighted by atomic mass is 35.5. The minimum Gasteiger partial charge on any atom is -0.490 e. The lowest BCUT2D eigenvalue weighted by atomic mass is 10.1. The van der Waals surface area contributed by atoms with Gasteiger partial charge >= 0.3 is 0 Å². The van der Waals surface area contributed by atoms with Gasteiger partial charge in [-0.15, -0.1) is 0 Å². The fraction of sp³-hybridized carbons (Fsp3) is 0.238. The van der Waals surface area contributed by atoms with E-state index in [-0.39, 0.29) is 17.2 Å². The molecule has 8 heteroatoms. The van der Waals surface area contributed by atoms with E-state index in [0.29, 0.717) is 33.7 Å². The maximum Gasteiger partial charge on any atom is 0.264 e. The van der Waals surface area contributed by atoms with E-state index in [1.54, 1.807) is 44.4 Å². The Morgan fingerprint density at radius 1 is 1.14 bits per heavy atom. The molecule has 0 saturated heterocycles. The van der Waals surface area contributed by atoms with Gasteiger partial charge in [-0.2, -0.15) is 5.26 Å². The van der Waals surface area contributed by atoms with E-state index in [4.69, 9.17) is 44.3 Å². The van der Waals surface area contributed by atoms with E-state index in [9.17, 15) is 10.1 Å². The molecule has 2 aromatic rings. The normalized spacial score (nSPS) is 11.0. The quantitative estimate of drug-likeness (QED) is 0.403. The number of hydrogen-bond donors (Lipinski definition) is 0. The zero-order chi connectivity index (χ0) is 21.6. The van der Waals surface area contributed by atoms with Gasteiger partial charge in [-0.05, 0) is 42.8 Å². The summed E-state index contributed by atoms with van der Waals surface area (Å²) in [5, 5.41) is 10.6. The third kappa shape index (κ3) is 6.04. The van der Waals surface area contributed by atoms with Gasteiger partial charge < -0.3 is 14.4 Å². The molecule has 0 spiro atoms. The Hall–Kier alpha value is -2.39. The fourth-order valence-corrected chi connectivity index (χ4v) is 3.15. The number of halogens is 3. The summed E-state index contributed by atoms with van der Waals surface area (Å²) < 4.78 is 11.5. The monoisotopic (exact) mass is 452 g/mol. The summed E-state index contributed by atoms with van der Waals surface area (Å²) in [6.07, 6.45) is 1.45. The fourth-order valence-electron chi connectivity index (χ4n) is 2.41. The summed E-state index contributed by atoms with van der Waals surface area (Å²) >= 11 is 18.5. The van der Waals surface area contributed by atoms with Crippen molar-refractivity contribution in [1.82, 2.24) is 4.90 Å². The smallest absolute Gasteiger partial charge is 0.264 e. The van der Waals surface area contributed by atoms with Crippen LogP contribution in [-0.4, -0.2) is 31.5 Å². The molecule has 1 amide bonds. The lowest BCUT2D eigenvalue weighted by Gasteiger charge is -2.15. The summed E-state index contributed by atoms with van der Waals surface area (Å²) in [6, 6.07) is 10.3. The first-order valence-electron chi connectivity index (χ1n) is 8.63. The number of nitrogens with zero attached hydrogens (tertiary/aromatic N) is 2. The van der Waals surface area contributed by atoms with Gasteiger partial charge in [0.05, 0.1) is 11.6 Å². The van der Waals surface area contributed by atoms with Crippen molar-refractivity contribution in [3.05, 3.63) is 62.1 Å². The topological polar surface area (TPSA) is 62.6 Å². The minimum absolute atomic E-state index is 0.0184. The van der Waals surface area contributed by atoms with Crippen LogP contribution in [0.1, 0.15) is 18.1 Å². The zero-order valence-electron chi connectivity index (χ0n) is 16.1. The van der Waals surface area contributed by atoms with Crippen molar-refractivity contribution in [2.45, 2.75) is 13.5 Å². The molecule has 2 rings (SSSR count). The van der Waals surface area contributed by atoms with Crippen molar-refractivity contribution in [3.8, 4) is 17.6 Å². The molecule has 5 nitrogen and oxygen atoms in total. The molecule has 0 aliphatic heterocycles. The molecule has 152 valence electrons. The molecule has 0 atom stereocenters. The van der Waals surface area contributed by atoms with Crippen molar-refractivity contribution < 1.29 is 14.3 Å². The third-order valence-corrected chi connectivity index (χ3v) is 4.65. The van der Waals surface area contributed by atoms with Crippen LogP contribution in [0.15, 0.2) is 35.9 Å². The molecule has 0 bridgehead atoms. The molecule has 0 heterocycles.